The molecule has 0 aliphatic rings. The number of para-hydroxylation sites is 1. The van der Waals surface area contributed by atoms with Gasteiger partial charge in [-0.2, -0.15) is 0 Å². The van der Waals surface area contributed by atoms with Crippen molar-refractivity contribution in [3.8, 4) is 0 Å². The molecule has 0 spiro atoms. The molecule has 1 nitrogen and oxygen atoms in total. The summed E-state index contributed by atoms with van der Waals surface area (Å²) in [6, 6.07) is 15.4. The standard InChI is InChI=1S/C14H12ClN/c15-13-8-6-12(7-9-13)10-11-16-14-4-2-1-3-5-14/h1-9,11H,10H2/b16-11+/i4D. The molecule has 0 saturated carbocycles. The lowest BCUT2D eigenvalue weighted by Gasteiger charge is -1.96. The second kappa shape index (κ2) is 5.47. The average Bonchev–Trinajstić information content (AvgIpc) is 2.34. The third kappa shape index (κ3) is 3.21. The smallest absolute Gasteiger partial charge is 0.0645 e. The maximum Gasteiger partial charge on any atom is 0.0645 e. The van der Waals surface area contributed by atoms with E-state index in [1.807, 2.05) is 48.7 Å². The molecule has 0 amide bonds. The highest BCUT2D eigenvalue weighted by Crippen LogP contribution is 2.11. The van der Waals surface area contributed by atoms with Crippen LogP contribution in [0.4, 0.5) is 5.69 Å². The van der Waals surface area contributed by atoms with E-state index in [1.165, 1.54) is 0 Å². The summed E-state index contributed by atoms with van der Waals surface area (Å²) >= 11 is 5.80. The van der Waals surface area contributed by atoms with Crippen LogP contribution < -0.4 is 0 Å². The monoisotopic (exact) mass is 230 g/mol. The Balaban J connectivity index is 2.03. The molecule has 0 unspecified atom stereocenters. The molecule has 2 aromatic carbocycles. The van der Waals surface area contributed by atoms with Crippen LogP contribution in [0.25, 0.3) is 0 Å². The third-order valence-corrected chi connectivity index (χ3v) is 2.42. The molecule has 0 fully saturated rings. The van der Waals surface area contributed by atoms with Crippen molar-refractivity contribution in [3.63, 3.8) is 0 Å². The minimum atomic E-state index is 0.444. The highest BCUT2D eigenvalue weighted by atomic mass is 35.5. The van der Waals surface area contributed by atoms with Gasteiger partial charge in [0.2, 0.25) is 0 Å². The Labute approximate surface area is 102 Å². The molecule has 0 heterocycles. The molecule has 0 aliphatic heterocycles. The minimum absolute atomic E-state index is 0.444. The molecule has 0 bridgehead atoms. The van der Waals surface area contributed by atoms with Gasteiger partial charge in [0.05, 0.1) is 7.06 Å². The van der Waals surface area contributed by atoms with E-state index in [1.54, 1.807) is 6.07 Å². The van der Waals surface area contributed by atoms with Crippen LogP contribution in [0.2, 0.25) is 5.02 Å². The van der Waals surface area contributed by atoms with E-state index >= 15 is 0 Å². The maximum atomic E-state index is 7.65. The van der Waals surface area contributed by atoms with Crippen LogP contribution in [0.1, 0.15) is 6.93 Å². The van der Waals surface area contributed by atoms with Crippen molar-refractivity contribution < 1.29 is 1.37 Å². The van der Waals surface area contributed by atoms with E-state index in [-0.39, 0.29) is 0 Å². The Hall–Kier alpha value is -1.60. The lowest BCUT2D eigenvalue weighted by Crippen LogP contribution is -1.84. The molecule has 0 N–H and O–H groups in total. The lowest BCUT2D eigenvalue weighted by molar-refractivity contribution is 1.34. The van der Waals surface area contributed by atoms with Gasteiger partial charge >= 0.3 is 0 Å². The molecule has 0 aromatic heterocycles. The highest BCUT2D eigenvalue weighted by molar-refractivity contribution is 6.30. The van der Waals surface area contributed by atoms with Gasteiger partial charge in [-0.15, -0.1) is 0 Å². The molecule has 80 valence electrons. The van der Waals surface area contributed by atoms with Gasteiger partial charge in [-0.25, -0.2) is 0 Å². The van der Waals surface area contributed by atoms with Gasteiger partial charge in [-0.3, -0.25) is 4.99 Å². The largest absolute Gasteiger partial charge is 0.261 e. The van der Waals surface area contributed by atoms with Gasteiger partial charge in [0.15, 0.2) is 0 Å². The predicted octanol–water partition coefficient (Wildman–Crippen LogP) is 4.29. The number of benzene rings is 2. The second-order valence-corrected chi connectivity index (χ2v) is 3.83. The Morgan fingerprint density at radius 2 is 1.94 bits per heavy atom. The van der Waals surface area contributed by atoms with E-state index < -0.39 is 0 Å². The molecular weight excluding hydrogens is 218 g/mol. The molecule has 2 rings (SSSR count). The zero-order valence-corrected chi connectivity index (χ0v) is 9.48. The second-order valence-electron chi connectivity index (χ2n) is 3.39. The maximum absolute atomic E-state index is 7.65. The van der Waals surface area contributed by atoms with Crippen molar-refractivity contribution in [1.29, 1.82) is 0 Å². The highest BCUT2D eigenvalue weighted by Gasteiger charge is 1.90. The van der Waals surface area contributed by atoms with Gasteiger partial charge in [0, 0.05) is 17.7 Å². The number of rotatable bonds is 3. The molecule has 2 aromatic rings. The number of nitrogens with zero attached hydrogens (tertiary/aromatic N) is 1. The topological polar surface area (TPSA) is 12.4 Å². The van der Waals surface area contributed by atoms with Crippen LogP contribution in [0, 0.1) is 0 Å². The summed E-state index contributed by atoms with van der Waals surface area (Å²) in [5.41, 5.74) is 1.85. The first-order valence-electron chi connectivity index (χ1n) is 5.58. The van der Waals surface area contributed by atoms with Crippen LogP contribution in [-0.4, -0.2) is 6.21 Å². The van der Waals surface area contributed by atoms with Gasteiger partial charge in [0.1, 0.15) is 0 Å². The van der Waals surface area contributed by atoms with E-state index in [2.05, 4.69) is 4.99 Å². The van der Waals surface area contributed by atoms with Crippen molar-refractivity contribution >= 4 is 23.5 Å². The van der Waals surface area contributed by atoms with Crippen LogP contribution in [0.15, 0.2) is 59.6 Å². The van der Waals surface area contributed by atoms with Gasteiger partial charge < -0.3 is 0 Å². The summed E-state index contributed by atoms with van der Waals surface area (Å²) in [6.45, 7) is 0. The summed E-state index contributed by atoms with van der Waals surface area (Å²) in [7, 11) is 0. The van der Waals surface area contributed by atoms with Crippen molar-refractivity contribution in [1.82, 2.24) is 0 Å². The fraction of sp³-hybridized carbons (Fsp3) is 0.0714. The Kier molecular flexibility index (Phi) is 3.29. The first-order chi connectivity index (χ1) is 8.25. The van der Waals surface area contributed by atoms with E-state index in [9.17, 15) is 0 Å². The molecule has 0 aliphatic carbocycles. The molecule has 2 heteroatoms. The summed E-state index contributed by atoms with van der Waals surface area (Å²) in [5.74, 6) is 0. The normalized spacial score (nSPS) is 11.7. The third-order valence-electron chi connectivity index (χ3n) is 2.16. The lowest BCUT2D eigenvalue weighted by atomic mass is 10.2. The average molecular weight is 231 g/mol. The van der Waals surface area contributed by atoms with Gasteiger partial charge in [-0.05, 0) is 29.8 Å². The summed E-state index contributed by atoms with van der Waals surface area (Å²) in [5, 5.41) is 0.738. The molecule has 0 radical (unpaired) electrons. The summed E-state index contributed by atoms with van der Waals surface area (Å²) < 4.78 is 7.65. The van der Waals surface area contributed by atoms with E-state index in [4.69, 9.17) is 13.0 Å². The quantitative estimate of drug-likeness (QED) is 0.698. The molecule has 0 atom stereocenters. The van der Waals surface area contributed by atoms with Crippen LogP contribution in [0.5, 0.6) is 0 Å². The first-order valence-corrected chi connectivity index (χ1v) is 5.46. The number of aliphatic imine (C=N–C) groups is 1. The molecular formula is C14H12ClN. The van der Waals surface area contributed by atoms with Gasteiger partial charge in [0.25, 0.3) is 0 Å². The predicted molar refractivity (Wildman–Crippen MR) is 69.8 cm³/mol. The van der Waals surface area contributed by atoms with Crippen molar-refractivity contribution in [2.75, 3.05) is 0 Å². The summed E-state index contributed by atoms with van der Waals surface area (Å²) in [6.07, 6.45) is 2.56. The summed E-state index contributed by atoms with van der Waals surface area (Å²) in [4.78, 5) is 4.28. The first kappa shape index (κ1) is 9.61. The van der Waals surface area contributed by atoms with Gasteiger partial charge in [-0.1, -0.05) is 41.9 Å². The number of halogens is 1. The zero-order chi connectivity index (χ0) is 12.1. The Bertz CT molecular complexity index is 520. The Morgan fingerprint density at radius 1 is 1.12 bits per heavy atom. The SMILES string of the molecule is [2H]c1ccccc1/N=C/Cc1ccc(Cl)cc1. The van der Waals surface area contributed by atoms with E-state index in [0.29, 0.717) is 11.7 Å². The number of hydrogen-bond acceptors (Lipinski definition) is 1. The zero-order valence-electron chi connectivity index (χ0n) is 9.73. The minimum Gasteiger partial charge on any atom is -0.261 e. The molecule has 16 heavy (non-hydrogen) atoms. The fourth-order valence-electron chi connectivity index (χ4n) is 1.33. The van der Waals surface area contributed by atoms with Crippen LogP contribution in [-0.2, 0) is 6.42 Å². The Morgan fingerprint density at radius 3 is 2.69 bits per heavy atom. The van der Waals surface area contributed by atoms with E-state index in [0.717, 1.165) is 17.0 Å². The van der Waals surface area contributed by atoms with Crippen LogP contribution in [0.3, 0.4) is 0 Å². The van der Waals surface area contributed by atoms with Crippen LogP contribution >= 0.6 is 11.6 Å². The van der Waals surface area contributed by atoms with Crippen molar-refractivity contribution in [2.24, 2.45) is 4.99 Å². The fourth-order valence-corrected chi connectivity index (χ4v) is 1.46. The number of hydrogen-bond donors (Lipinski definition) is 0. The van der Waals surface area contributed by atoms with Crippen molar-refractivity contribution in [2.45, 2.75) is 6.42 Å². The van der Waals surface area contributed by atoms with Crippen molar-refractivity contribution in [3.05, 3.63) is 65.2 Å². The molecule has 0 saturated heterocycles.